The van der Waals surface area contributed by atoms with Crippen LogP contribution in [0.1, 0.15) is 35.6 Å². The number of para-hydroxylation sites is 1. The van der Waals surface area contributed by atoms with E-state index in [9.17, 15) is 14.9 Å². The highest BCUT2D eigenvalue weighted by Gasteiger charge is 2.31. The third-order valence-corrected chi connectivity index (χ3v) is 5.35. The summed E-state index contributed by atoms with van der Waals surface area (Å²) in [7, 11) is 0. The third-order valence-electron chi connectivity index (χ3n) is 5.35. The normalized spacial score (nSPS) is 18.9. The van der Waals surface area contributed by atoms with Gasteiger partial charge in [0.25, 0.3) is 5.69 Å². The number of carbonyl (C=O) groups is 1. The second-order valence-corrected chi connectivity index (χ2v) is 7.00. The molecule has 0 bridgehead atoms. The summed E-state index contributed by atoms with van der Waals surface area (Å²) in [6.07, 6.45) is 6.26. The van der Waals surface area contributed by atoms with E-state index in [0.29, 0.717) is 11.6 Å². The van der Waals surface area contributed by atoms with Crippen molar-refractivity contribution < 1.29 is 9.72 Å². The van der Waals surface area contributed by atoms with Crippen LogP contribution < -0.4 is 5.32 Å². The smallest absolute Gasteiger partial charge is 0.276 e. The average Bonchev–Trinajstić information content (AvgIpc) is 3.16. The zero-order valence-corrected chi connectivity index (χ0v) is 14.9. The van der Waals surface area contributed by atoms with E-state index in [4.69, 9.17) is 0 Å². The van der Waals surface area contributed by atoms with E-state index in [0.717, 1.165) is 25.2 Å². The van der Waals surface area contributed by atoms with Gasteiger partial charge >= 0.3 is 0 Å². The van der Waals surface area contributed by atoms with Crippen LogP contribution in [0.5, 0.6) is 0 Å². The summed E-state index contributed by atoms with van der Waals surface area (Å²) in [4.78, 5) is 25.4. The largest absolute Gasteiger partial charge is 0.323 e. The van der Waals surface area contributed by atoms with Gasteiger partial charge in [0, 0.05) is 30.4 Å². The predicted octanol–water partition coefficient (Wildman–Crippen LogP) is 3.94. The SMILES string of the molecule is O=C(/C=C/c1ccccc1[N+](=O)[O-])Nc1ccc2c(c1)C1CCCN1CC2. The molecule has 2 aliphatic heterocycles. The van der Waals surface area contributed by atoms with Crippen molar-refractivity contribution in [2.24, 2.45) is 0 Å². The average molecular weight is 363 g/mol. The van der Waals surface area contributed by atoms with Crippen LogP contribution in [0.3, 0.4) is 0 Å². The molecule has 1 amide bonds. The summed E-state index contributed by atoms with van der Waals surface area (Å²) in [5.74, 6) is -0.299. The maximum atomic E-state index is 12.3. The Morgan fingerprint density at radius 2 is 2.07 bits per heavy atom. The summed E-state index contributed by atoms with van der Waals surface area (Å²) in [5.41, 5.74) is 3.84. The fourth-order valence-corrected chi connectivity index (χ4v) is 4.06. The number of anilines is 1. The van der Waals surface area contributed by atoms with Crippen molar-refractivity contribution in [3.05, 3.63) is 75.3 Å². The molecule has 2 aromatic carbocycles. The van der Waals surface area contributed by atoms with Gasteiger partial charge in [0.1, 0.15) is 0 Å². The minimum atomic E-state index is -0.450. The van der Waals surface area contributed by atoms with E-state index in [1.54, 1.807) is 18.2 Å². The highest BCUT2D eigenvalue weighted by Crippen LogP contribution is 2.38. The van der Waals surface area contributed by atoms with Gasteiger partial charge in [-0.15, -0.1) is 0 Å². The number of hydrogen-bond acceptors (Lipinski definition) is 4. The molecular formula is C21H21N3O3. The van der Waals surface area contributed by atoms with Gasteiger partial charge in [-0.05, 0) is 61.2 Å². The zero-order valence-electron chi connectivity index (χ0n) is 14.9. The Morgan fingerprint density at radius 1 is 1.22 bits per heavy atom. The van der Waals surface area contributed by atoms with Gasteiger partial charge in [0.05, 0.1) is 10.5 Å². The summed E-state index contributed by atoms with van der Waals surface area (Å²) < 4.78 is 0. The number of fused-ring (bicyclic) bond motifs is 3. The highest BCUT2D eigenvalue weighted by atomic mass is 16.6. The first-order valence-electron chi connectivity index (χ1n) is 9.21. The number of nitrogens with zero attached hydrogens (tertiary/aromatic N) is 2. The molecule has 2 aliphatic rings. The van der Waals surface area contributed by atoms with Crippen molar-refractivity contribution in [1.29, 1.82) is 0 Å². The van der Waals surface area contributed by atoms with E-state index in [-0.39, 0.29) is 11.6 Å². The molecular weight excluding hydrogens is 342 g/mol. The number of amides is 1. The lowest BCUT2D eigenvalue weighted by molar-refractivity contribution is -0.385. The van der Waals surface area contributed by atoms with Crippen molar-refractivity contribution >= 4 is 23.4 Å². The number of carbonyl (C=O) groups excluding carboxylic acids is 1. The summed E-state index contributed by atoms with van der Waals surface area (Å²) in [5, 5.41) is 13.9. The molecule has 1 atom stereocenters. The Kier molecular flexibility index (Phi) is 4.73. The van der Waals surface area contributed by atoms with E-state index in [1.807, 2.05) is 6.07 Å². The molecule has 4 rings (SSSR count). The monoisotopic (exact) mass is 363 g/mol. The lowest BCUT2D eigenvalue weighted by Crippen LogP contribution is -2.30. The van der Waals surface area contributed by atoms with Crippen molar-refractivity contribution in [3.8, 4) is 0 Å². The molecule has 0 spiro atoms. The fourth-order valence-electron chi connectivity index (χ4n) is 4.06. The predicted molar refractivity (Wildman–Crippen MR) is 104 cm³/mol. The van der Waals surface area contributed by atoms with Crippen LogP contribution >= 0.6 is 0 Å². The second-order valence-electron chi connectivity index (χ2n) is 7.00. The molecule has 27 heavy (non-hydrogen) atoms. The Bertz CT molecular complexity index is 923. The molecule has 1 saturated heterocycles. The molecule has 6 nitrogen and oxygen atoms in total. The Hall–Kier alpha value is -2.99. The van der Waals surface area contributed by atoms with Crippen LogP contribution in [0.15, 0.2) is 48.5 Å². The maximum Gasteiger partial charge on any atom is 0.276 e. The summed E-state index contributed by atoms with van der Waals surface area (Å²) >= 11 is 0. The van der Waals surface area contributed by atoms with Gasteiger partial charge in [-0.25, -0.2) is 0 Å². The number of benzene rings is 2. The Labute approximate surface area is 157 Å². The molecule has 138 valence electrons. The van der Waals surface area contributed by atoms with E-state index in [2.05, 4.69) is 22.3 Å². The highest BCUT2D eigenvalue weighted by molar-refractivity contribution is 6.02. The van der Waals surface area contributed by atoms with Crippen LogP contribution in [-0.4, -0.2) is 28.8 Å². The summed E-state index contributed by atoms with van der Waals surface area (Å²) in [6, 6.07) is 12.9. The molecule has 0 aromatic heterocycles. The zero-order chi connectivity index (χ0) is 18.8. The Morgan fingerprint density at radius 3 is 2.93 bits per heavy atom. The van der Waals surface area contributed by atoms with Gasteiger partial charge in [0.15, 0.2) is 0 Å². The minimum absolute atomic E-state index is 0.0170. The van der Waals surface area contributed by atoms with Gasteiger partial charge in [-0.2, -0.15) is 0 Å². The molecule has 6 heteroatoms. The number of rotatable bonds is 4. The van der Waals surface area contributed by atoms with Gasteiger partial charge in [0.2, 0.25) is 5.91 Å². The molecule has 0 saturated carbocycles. The van der Waals surface area contributed by atoms with Crippen molar-refractivity contribution in [1.82, 2.24) is 4.90 Å². The quantitative estimate of drug-likeness (QED) is 0.507. The number of nitro benzene ring substituents is 1. The third kappa shape index (κ3) is 3.61. The van der Waals surface area contributed by atoms with Gasteiger partial charge < -0.3 is 5.32 Å². The molecule has 0 radical (unpaired) electrons. The number of nitro groups is 1. The van der Waals surface area contributed by atoms with E-state index in [1.165, 1.54) is 42.2 Å². The second kappa shape index (κ2) is 7.32. The van der Waals surface area contributed by atoms with Crippen molar-refractivity contribution in [2.45, 2.75) is 25.3 Å². The first-order chi connectivity index (χ1) is 13.1. The first kappa shape index (κ1) is 17.4. The molecule has 1 unspecified atom stereocenters. The van der Waals surface area contributed by atoms with E-state index < -0.39 is 4.92 Å². The van der Waals surface area contributed by atoms with Crippen LogP contribution in [0, 0.1) is 10.1 Å². The van der Waals surface area contributed by atoms with Gasteiger partial charge in [-0.1, -0.05) is 18.2 Å². The lowest BCUT2D eigenvalue weighted by atomic mass is 9.92. The number of hydrogen-bond donors (Lipinski definition) is 1. The standard InChI is InChI=1S/C21H21N3O3/c25-21(10-8-16-4-1-2-5-19(16)24(26)27)22-17-9-7-15-11-13-23-12-3-6-20(23)18(15)14-17/h1-2,4-5,7-10,14,20H,3,6,11-13H2,(H,22,25)/b10-8+. The van der Waals surface area contributed by atoms with Crippen LogP contribution in [0.25, 0.3) is 6.08 Å². The topological polar surface area (TPSA) is 75.5 Å². The van der Waals surface area contributed by atoms with Gasteiger partial charge in [-0.3, -0.25) is 19.8 Å². The van der Waals surface area contributed by atoms with Crippen LogP contribution in [-0.2, 0) is 11.2 Å². The van der Waals surface area contributed by atoms with Crippen molar-refractivity contribution in [3.63, 3.8) is 0 Å². The lowest BCUT2D eigenvalue weighted by Gasteiger charge is -2.32. The first-order valence-corrected chi connectivity index (χ1v) is 9.21. The van der Waals surface area contributed by atoms with Crippen LogP contribution in [0.2, 0.25) is 0 Å². The molecule has 2 aromatic rings. The van der Waals surface area contributed by atoms with Crippen LogP contribution in [0.4, 0.5) is 11.4 Å². The van der Waals surface area contributed by atoms with E-state index >= 15 is 0 Å². The fraction of sp³-hybridized carbons (Fsp3) is 0.286. The van der Waals surface area contributed by atoms with Crippen molar-refractivity contribution in [2.75, 3.05) is 18.4 Å². The molecule has 2 heterocycles. The molecule has 1 N–H and O–H groups in total. The molecule has 0 aliphatic carbocycles. The maximum absolute atomic E-state index is 12.3. The number of nitrogens with one attached hydrogen (secondary N) is 1. The Balaban J connectivity index is 1.49. The molecule has 1 fully saturated rings. The minimum Gasteiger partial charge on any atom is -0.323 e. The summed E-state index contributed by atoms with van der Waals surface area (Å²) in [6.45, 7) is 2.27.